The van der Waals surface area contributed by atoms with Crippen LogP contribution in [0.5, 0.6) is 0 Å². The van der Waals surface area contributed by atoms with Crippen LogP contribution in [0.25, 0.3) is 33.8 Å². The number of alkyl halides is 3. The van der Waals surface area contributed by atoms with E-state index in [1.807, 2.05) is 24.3 Å². The van der Waals surface area contributed by atoms with Gasteiger partial charge in [-0.05, 0) is 123 Å². The number of benzene rings is 3. The number of nitrogens with one attached hydrogen (secondary N) is 6. The molecule has 3 aliphatic carbocycles. The Morgan fingerprint density at radius 3 is 1.24 bits per heavy atom. The van der Waals surface area contributed by atoms with Crippen molar-refractivity contribution in [3.05, 3.63) is 198 Å². The number of nitrogens with zero attached hydrogens (tertiary/aromatic N) is 3. The van der Waals surface area contributed by atoms with E-state index in [-0.39, 0.29) is 40.9 Å². The first-order chi connectivity index (χ1) is 36.8. The van der Waals surface area contributed by atoms with Crippen molar-refractivity contribution in [3.63, 3.8) is 0 Å². The molecule has 3 aromatic carbocycles. The van der Waals surface area contributed by atoms with E-state index < -0.39 is 30.1 Å². The Balaban J connectivity index is 0.000000130. The molecular formula is C58H47F6N9O3. The molecule has 0 saturated carbocycles. The molecule has 6 heterocycles. The van der Waals surface area contributed by atoms with Crippen molar-refractivity contribution < 1.29 is 40.7 Å². The maximum absolute atomic E-state index is 13.6. The summed E-state index contributed by atoms with van der Waals surface area (Å²) in [6.45, 7) is 0. The van der Waals surface area contributed by atoms with Gasteiger partial charge in [-0.25, -0.2) is 13.2 Å². The van der Waals surface area contributed by atoms with Gasteiger partial charge in [0.1, 0.15) is 17.5 Å². The first-order valence-electron chi connectivity index (χ1n) is 24.5. The number of hydrogen-bond donors (Lipinski definition) is 6. The van der Waals surface area contributed by atoms with Gasteiger partial charge in [0.25, 0.3) is 0 Å². The van der Waals surface area contributed by atoms with Crippen LogP contribution in [0.15, 0.2) is 146 Å². The Labute approximate surface area is 431 Å². The second kappa shape index (κ2) is 21.8. The molecule has 1 atom stereocenters. The Kier molecular flexibility index (Phi) is 14.5. The van der Waals surface area contributed by atoms with Crippen LogP contribution in [0.4, 0.5) is 60.5 Å². The number of pyridine rings is 3. The smallest absolute Gasteiger partial charge is 0.356 e. The molecule has 6 N–H and O–H groups in total. The van der Waals surface area contributed by atoms with Gasteiger partial charge >= 0.3 is 6.18 Å². The fraction of sp³-hybridized carbons (Fsp3) is 0.172. The monoisotopic (exact) mass is 1030 g/mol. The Morgan fingerprint density at radius 2 is 0.829 bits per heavy atom. The third-order valence-corrected chi connectivity index (χ3v) is 13.3. The molecule has 0 amide bonds. The number of aromatic nitrogens is 6. The van der Waals surface area contributed by atoms with E-state index in [9.17, 15) is 40.7 Å². The van der Waals surface area contributed by atoms with Crippen LogP contribution in [-0.2, 0) is 19.3 Å². The first kappa shape index (κ1) is 50.5. The van der Waals surface area contributed by atoms with Gasteiger partial charge in [0.15, 0.2) is 17.3 Å². The zero-order valence-electron chi connectivity index (χ0n) is 40.4. The zero-order chi connectivity index (χ0) is 52.9. The van der Waals surface area contributed by atoms with Gasteiger partial charge in [-0.2, -0.15) is 13.2 Å². The summed E-state index contributed by atoms with van der Waals surface area (Å²) in [5, 5.41) is 9.55. The fourth-order valence-corrected chi connectivity index (χ4v) is 9.76. The highest BCUT2D eigenvalue weighted by Crippen LogP contribution is 2.44. The number of fused-ring (bicyclic) bond motifs is 3. The minimum Gasteiger partial charge on any atom is -0.356 e. The predicted molar refractivity (Wildman–Crippen MR) is 278 cm³/mol. The van der Waals surface area contributed by atoms with Crippen LogP contribution in [0, 0.1) is 23.4 Å². The van der Waals surface area contributed by atoms with Crippen molar-refractivity contribution in [1.29, 1.82) is 0 Å². The lowest BCUT2D eigenvalue weighted by atomic mass is 9.86. The minimum atomic E-state index is -4.45. The van der Waals surface area contributed by atoms with Crippen molar-refractivity contribution in [3.8, 4) is 33.8 Å². The van der Waals surface area contributed by atoms with Crippen molar-refractivity contribution in [2.75, 3.05) is 16.0 Å². The van der Waals surface area contributed by atoms with E-state index in [1.54, 1.807) is 79.6 Å². The number of ketones is 3. The molecular weight excluding hydrogens is 985 g/mol. The molecule has 384 valence electrons. The number of carbonyl (C=O) groups excluding carboxylic acids is 3. The summed E-state index contributed by atoms with van der Waals surface area (Å²) < 4.78 is 79.8. The van der Waals surface area contributed by atoms with E-state index in [2.05, 4.69) is 45.9 Å². The standard InChI is InChI=1S/C20H15F4N3O.2C19H16FN3O/c21-13-2-1-3-14(10-13)26-19-17-15(8-12(9-16(17)28)20(22,23)24)27-18(19)11-4-6-25-7-5-11;20-13-3-1-4-14(11-13)22-19-17-15(5-2-6-16(17)24)23-18(19)12-7-9-21-10-8-12;20-13-4-6-14(7-5-13)22-19-17-15(2-1-3-16(17)24)23-18(19)12-8-10-21-11-9-12/h1-7,10,12,26-27H,8-9H2;1,3-4,7-11,22-23H,2,5-6H2;4-11,22-23H,1-3H2. The molecule has 0 fully saturated rings. The molecule has 3 aliphatic rings. The summed E-state index contributed by atoms with van der Waals surface area (Å²) in [6, 6.07) is 29.0. The lowest BCUT2D eigenvalue weighted by molar-refractivity contribution is -0.174. The van der Waals surface area contributed by atoms with Crippen molar-refractivity contribution in [1.82, 2.24) is 29.9 Å². The van der Waals surface area contributed by atoms with Crippen LogP contribution in [0.1, 0.15) is 80.3 Å². The highest BCUT2D eigenvalue weighted by atomic mass is 19.4. The molecule has 0 saturated heterocycles. The number of halogens is 6. The van der Waals surface area contributed by atoms with Crippen LogP contribution < -0.4 is 16.0 Å². The molecule has 9 aromatic rings. The van der Waals surface area contributed by atoms with Crippen LogP contribution >= 0.6 is 0 Å². The Hall–Kier alpha value is -9.06. The molecule has 12 rings (SSSR count). The molecule has 0 spiro atoms. The quantitative estimate of drug-likeness (QED) is 0.0769. The molecule has 18 heteroatoms. The van der Waals surface area contributed by atoms with E-state index >= 15 is 0 Å². The third-order valence-electron chi connectivity index (χ3n) is 13.3. The summed E-state index contributed by atoms with van der Waals surface area (Å²) in [4.78, 5) is 59.3. The number of H-pyrrole nitrogens is 3. The van der Waals surface area contributed by atoms with Gasteiger partial charge in [0.05, 0.1) is 56.8 Å². The molecule has 6 aromatic heterocycles. The number of anilines is 6. The summed E-state index contributed by atoms with van der Waals surface area (Å²) in [5.41, 5.74) is 12.0. The summed E-state index contributed by atoms with van der Waals surface area (Å²) in [5.74, 6) is -3.15. The molecule has 0 radical (unpaired) electrons. The summed E-state index contributed by atoms with van der Waals surface area (Å²) in [6.07, 6.45) is 9.07. The van der Waals surface area contributed by atoms with Gasteiger partial charge in [-0.1, -0.05) is 12.1 Å². The third kappa shape index (κ3) is 11.1. The zero-order valence-corrected chi connectivity index (χ0v) is 40.4. The number of aromatic amines is 3. The molecule has 1 unspecified atom stereocenters. The highest BCUT2D eigenvalue weighted by Gasteiger charge is 2.45. The topological polar surface area (TPSA) is 173 Å². The second-order valence-corrected chi connectivity index (χ2v) is 18.4. The van der Waals surface area contributed by atoms with Crippen molar-refractivity contribution in [2.45, 2.75) is 57.5 Å². The molecule has 0 aliphatic heterocycles. The summed E-state index contributed by atoms with van der Waals surface area (Å²) in [7, 11) is 0. The van der Waals surface area contributed by atoms with Gasteiger partial charge in [0, 0.05) is 114 Å². The second-order valence-electron chi connectivity index (χ2n) is 18.4. The highest BCUT2D eigenvalue weighted by molar-refractivity contribution is 6.09. The van der Waals surface area contributed by atoms with E-state index in [4.69, 9.17) is 0 Å². The van der Waals surface area contributed by atoms with Gasteiger partial charge in [-0.3, -0.25) is 29.3 Å². The van der Waals surface area contributed by atoms with E-state index in [0.717, 1.165) is 76.5 Å². The van der Waals surface area contributed by atoms with E-state index in [1.165, 1.54) is 42.5 Å². The SMILES string of the molecule is O=C1CC(C(F)(F)F)Cc2[nH]c(-c3ccncc3)c(Nc3cccc(F)c3)c21.O=C1CCCc2[nH]c(-c3ccncc3)c(Nc3ccc(F)cc3)c21.O=C1CCCc2[nH]c(-c3ccncc3)c(Nc3cccc(F)c3)c21. The fourth-order valence-electron chi connectivity index (χ4n) is 9.76. The van der Waals surface area contributed by atoms with Gasteiger partial charge in [0.2, 0.25) is 0 Å². The van der Waals surface area contributed by atoms with Crippen LogP contribution in [0.2, 0.25) is 0 Å². The first-order valence-corrected chi connectivity index (χ1v) is 24.5. The normalized spacial score (nSPS) is 14.8. The van der Waals surface area contributed by atoms with Gasteiger partial charge < -0.3 is 30.9 Å². The van der Waals surface area contributed by atoms with Gasteiger partial charge in [-0.15, -0.1) is 0 Å². The molecule has 12 nitrogen and oxygen atoms in total. The Morgan fingerprint density at radius 1 is 0.434 bits per heavy atom. The number of rotatable bonds is 9. The van der Waals surface area contributed by atoms with Crippen molar-refractivity contribution in [2.24, 2.45) is 5.92 Å². The van der Waals surface area contributed by atoms with E-state index in [0.29, 0.717) is 52.4 Å². The Bertz CT molecular complexity index is 3560. The molecule has 76 heavy (non-hydrogen) atoms. The lowest BCUT2D eigenvalue weighted by Crippen LogP contribution is -2.31. The van der Waals surface area contributed by atoms with Crippen molar-refractivity contribution >= 4 is 51.5 Å². The molecule has 0 bridgehead atoms. The lowest BCUT2D eigenvalue weighted by Gasteiger charge is -2.24. The van der Waals surface area contributed by atoms with Crippen LogP contribution in [0.3, 0.4) is 0 Å². The number of aryl methyl sites for hydroxylation is 2. The maximum Gasteiger partial charge on any atom is 0.392 e. The summed E-state index contributed by atoms with van der Waals surface area (Å²) >= 11 is 0. The number of Topliss-reactive ketones (excluding diaryl/α,β-unsaturated/α-hetero) is 3. The number of carbonyl (C=O) groups is 3. The maximum atomic E-state index is 13.6. The predicted octanol–water partition coefficient (Wildman–Crippen LogP) is 14.2. The average Bonchev–Trinajstić information content (AvgIpc) is 4.11. The number of hydrogen-bond acceptors (Lipinski definition) is 9. The average molecular weight is 1030 g/mol. The minimum absolute atomic E-state index is 0.117. The largest absolute Gasteiger partial charge is 0.392 e. The van der Waals surface area contributed by atoms with Crippen LogP contribution in [-0.4, -0.2) is 53.4 Å².